The third-order valence-corrected chi connectivity index (χ3v) is 5.50. The molecule has 4 rings (SSSR count). The molecule has 134 valence electrons. The summed E-state index contributed by atoms with van der Waals surface area (Å²) in [7, 11) is 0. The Labute approximate surface area is 164 Å². The van der Waals surface area contributed by atoms with Crippen molar-refractivity contribution in [3.63, 3.8) is 0 Å². The van der Waals surface area contributed by atoms with Gasteiger partial charge in [-0.2, -0.15) is 0 Å². The number of para-hydroxylation sites is 1. The number of benzene rings is 3. The molecule has 0 aliphatic heterocycles. The van der Waals surface area contributed by atoms with Gasteiger partial charge in [0.25, 0.3) is 5.91 Å². The monoisotopic (exact) mass is 396 g/mol. The molecular weight excluding hydrogens is 383 g/mol. The van der Waals surface area contributed by atoms with Crippen molar-refractivity contribution >= 4 is 44.2 Å². The van der Waals surface area contributed by atoms with Crippen molar-refractivity contribution < 1.29 is 9.18 Å². The first-order valence-corrected chi connectivity index (χ1v) is 9.48. The summed E-state index contributed by atoms with van der Waals surface area (Å²) in [6.45, 7) is 0.312. The van der Waals surface area contributed by atoms with Gasteiger partial charge in [-0.15, -0.1) is 0 Å². The van der Waals surface area contributed by atoms with E-state index in [9.17, 15) is 9.18 Å². The predicted molar refractivity (Wildman–Crippen MR) is 108 cm³/mol. The predicted octanol–water partition coefficient (Wildman–Crippen LogP) is 5.94. The van der Waals surface area contributed by atoms with Crippen molar-refractivity contribution in [3.05, 3.63) is 94.8 Å². The van der Waals surface area contributed by atoms with Gasteiger partial charge in [0.1, 0.15) is 11.3 Å². The Morgan fingerprint density at radius 2 is 1.74 bits per heavy atom. The van der Waals surface area contributed by atoms with Crippen LogP contribution in [0.25, 0.3) is 10.2 Å². The first-order valence-electron chi connectivity index (χ1n) is 8.29. The molecule has 0 aliphatic rings. The number of halogens is 2. The van der Waals surface area contributed by atoms with Crippen LogP contribution in [-0.4, -0.2) is 10.9 Å². The normalized spacial score (nSPS) is 10.9. The number of amides is 1. The Morgan fingerprint density at radius 1 is 1.00 bits per heavy atom. The van der Waals surface area contributed by atoms with Gasteiger partial charge in [-0.1, -0.05) is 71.5 Å². The van der Waals surface area contributed by atoms with Crippen molar-refractivity contribution in [1.82, 2.24) is 4.98 Å². The second-order valence-electron chi connectivity index (χ2n) is 5.94. The summed E-state index contributed by atoms with van der Waals surface area (Å²) in [6, 6.07) is 21.3. The molecule has 27 heavy (non-hydrogen) atoms. The molecule has 0 spiro atoms. The molecule has 1 heterocycles. The maximum atomic E-state index is 14.1. The molecule has 0 N–H and O–H groups in total. The Morgan fingerprint density at radius 3 is 2.48 bits per heavy atom. The van der Waals surface area contributed by atoms with E-state index in [-0.39, 0.29) is 11.4 Å². The number of thiazole rings is 1. The van der Waals surface area contributed by atoms with Crippen LogP contribution in [0.2, 0.25) is 5.02 Å². The summed E-state index contributed by atoms with van der Waals surface area (Å²) < 4.78 is 14.8. The quantitative estimate of drug-likeness (QED) is 0.428. The average Bonchev–Trinajstić information content (AvgIpc) is 3.12. The lowest BCUT2D eigenvalue weighted by molar-refractivity contribution is 0.0985. The van der Waals surface area contributed by atoms with E-state index in [0.717, 1.165) is 5.56 Å². The third kappa shape index (κ3) is 3.56. The van der Waals surface area contributed by atoms with Crippen molar-refractivity contribution in [2.24, 2.45) is 0 Å². The molecule has 3 nitrogen and oxygen atoms in total. The van der Waals surface area contributed by atoms with E-state index < -0.39 is 5.82 Å². The molecule has 0 saturated carbocycles. The number of hydrogen-bond donors (Lipinski definition) is 0. The van der Waals surface area contributed by atoms with Crippen LogP contribution in [0.4, 0.5) is 9.52 Å². The minimum absolute atomic E-state index is 0.266. The van der Waals surface area contributed by atoms with Crippen LogP contribution in [-0.2, 0) is 6.54 Å². The highest BCUT2D eigenvalue weighted by molar-refractivity contribution is 7.22. The zero-order chi connectivity index (χ0) is 18.8. The zero-order valence-corrected chi connectivity index (χ0v) is 15.7. The smallest absolute Gasteiger partial charge is 0.261 e. The number of fused-ring (bicyclic) bond motifs is 1. The van der Waals surface area contributed by atoms with Crippen LogP contribution in [0.1, 0.15) is 15.9 Å². The highest BCUT2D eigenvalue weighted by atomic mass is 35.5. The largest absolute Gasteiger partial charge is 0.279 e. The lowest BCUT2D eigenvalue weighted by Gasteiger charge is -2.20. The fourth-order valence-corrected chi connectivity index (χ4v) is 3.99. The van der Waals surface area contributed by atoms with E-state index in [0.29, 0.717) is 27.0 Å². The second-order valence-corrected chi connectivity index (χ2v) is 7.36. The minimum Gasteiger partial charge on any atom is -0.279 e. The maximum Gasteiger partial charge on any atom is 0.261 e. The van der Waals surface area contributed by atoms with Gasteiger partial charge in [-0.25, -0.2) is 9.37 Å². The number of carbonyl (C=O) groups excluding carboxylic acids is 1. The molecule has 0 bridgehead atoms. The summed E-state index contributed by atoms with van der Waals surface area (Å²) in [5.41, 5.74) is 1.59. The molecule has 1 amide bonds. The molecule has 3 aromatic carbocycles. The Kier molecular flexibility index (Phi) is 4.88. The standard InChI is InChI=1S/C21H14ClFN2OS/c22-16-10-5-4-9-15(16)20(26)25(13-14-7-2-1-3-8-14)21-24-19-17(23)11-6-12-18(19)27-21/h1-12H,13H2. The summed E-state index contributed by atoms with van der Waals surface area (Å²) in [5.74, 6) is -0.677. The van der Waals surface area contributed by atoms with Crippen LogP contribution < -0.4 is 4.90 Å². The lowest BCUT2D eigenvalue weighted by atomic mass is 10.1. The number of hydrogen-bond acceptors (Lipinski definition) is 3. The highest BCUT2D eigenvalue weighted by Crippen LogP contribution is 2.32. The first kappa shape index (κ1) is 17.6. The Balaban J connectivity index is 1.81. The van der Waals surface area contributed by atoms with E-state index in [1.54, 1.807) is 41.3 Å². The van der Waals surface area contributed by atoms with Crippen LogP contribution in [0, 0.1) is 5.82 Å². The van der Waals surface area contributed by atoms with Gasteiger partial charge in [0, 0.05) is 0 Å². The van der Waals surface area contributed by atoms with Gasteiger partial charge in [0.15, 0.2) is 5.13 Å². The topological polar surface area (TPSA) is 33.2 Å². The Bertz CT molecular complexity index is 1110. The lowest BCUT2D eigenvalue weighted by Crippen LogP contribution is -2.30. The second kappa shape index (κ2) is 7.47. The molecule has 0 saturated heterocycles. The van der Waals surface area contributed by atoms with Crippen LogP contribution in [0.5, 0.6) is 0 Å². The minimum atomic E-state index is -0.403. The summed E-state index contributed by atoms with van der Waals surface area (Å²) in [4.78, 5) is 19.2. The molecule has 4 aromatic rings. The van der Waals surface area contributed by atoms with Crippen LogP contribution >= 0.6 is 22.9 Å². The molecule has 0 atom stereocenters. The maximum absolute atomic E-state index is 14.1. The first-order chi connectivity index (χ1) is 13.1. The van der Waals surface area contributed by atoms with E-state index in [1.807, 2.05) is 30.3 Å². The van der Waals surface area contributed by atoms with E-state index in [1.165, 1.54) is 17.4 Å². The van der Waals surface area contributed by atoms with Gasteiger partial charge >= 0.3 is 0 Å². The number of aromatic nitrogens is 1. The molecule has 1 aromatic heterocycles. The van der Waals surface area contributed by atoms with Crippen molar-refractivity contribution in [3.8, 4) is 0 Å². The van der Waals surface area contributed by atoms with Gasteiger partial charge in [0.2, 0.25) is 0 Å². The SMILES string of the molecule is O=C(c1ccccc1Cl)N(Cc1ccccc1)c1nc2c(F)cccc2s1. The van der Waals surface area contributed by atoms with Crippen molar-refractivity contribution in [2.75, 3.05) is 4.90 Å². The molecule has 0 unspecified atom stereocenters. The average molecular weight is 397 g/mol. The van der Waals surface area contributed by atoms with E-state index >= 15 is 0 Å². The highest BCUT2D eigenvalue weighted by Gasteiger charge is 2.24. The van der Waals surface area contributed by atoms with E-state index in [2.05, 4.69) is 4.98 Å². The zero-order valence-electron chi connectivity index (χ0n) is 14.1. The van der Waals surface area contributed by atoms with Gasteiger partial charge in [-0.05, 0) is 29.8 Å². The molecular formula is C21H14ClFN2OS. The third-order valence-electron chi connectivity index (χ3n) is 4.12. The van der Waals surface area contributed by atoms with Crippen LogP contribution in [0.3, 0.4) is 0 Å². The van der Waals surface area contributed by atoms with Gasteiger partial charge in [0.05, 0.1) is 21.8 Å². The fourth-order valence-electron chi connectivity index (χ4n) is 2.79. The van der Waals surface area contributed by atoms with Gasteiger partial charge in [-0.3, -0.25) is 9.69 Å². The molecule has 0 fully saturated rings. The summed E-state index contributed by atoms with van der Waals surface area (Å²) >= 11 is 7.51. The number of carbonyl (C=O) groups is 1. The van der Waals surface area contributed by atoms with Crippen molar-refractivity contribution in [1.29, 1.82) is 0 Å². The van der Waals surface area contributed by atoms with Gasteiger partial charge < -0.3 is 0 Å². The number of rotatable bonds is 4. The summed E-state index contributed by atoms with van der Waals surface area (Å²) in [5, 5.41) is 0.803. The summed E-state index contributed by atoms with van der Waals surface area (Å²) in [6.07, 6.45) is 0. The van der Waals surface area contributed by atoms with Crippen molar-refractivity contribution in [2.45, 2.75) is 6.54 Å². The fraction of sp³-hybridized carbons (Fsp3) is 0.0476. The number of nitrogens with zero attached hydrogens (tertiary/aromatic N) is 2. The number of anilines is 1. The molecule has 0 radical (unpaired) electrons. The Hall–Kier alpha value is -2.76. The molecule has 0 aliphatic carbocycles. The van der Waals surface area contributed by atoms with Crippen LogP contribution in [0.15, 0.2) is 72.8 Å². The van der Waals surface area contributed by atoms with E-state index in [4.69, 9.17) is 11.6 Å². The molecule has 6 heteroatoms.